The van der Waals surface area contributed by atoms with Crippen LogP contribution in [0.3, 0.4) is 0 Å². The topological polar surface area (TPSA) is 12.0 Å². The average Bonchev–Trinajstić information content (AvgIpc) is 1.91. The van der Waals surface area contributed by atoms with Gasteiger partial charge in [0.2, 0.25) is 0 Å². The molecule has 1 fully saturated rings. The molecule has 1 unspecified atom stereocenters. The zero-order valence-electron chi connectivity index (χ0n) is 6.48. The second kappa shape index (κ2) is 3.30. The van der Waals surface area contributed by atoms with Crippen LogP contribution in [0.25, 0.3) is 0 Å². The van der Waals surface area contributed by atoms with Crippen molar-refractivity contribution in [3.05, 3.63) is 33.1 Å². The van der Waals surface area contributed by atoms with Crippen molar-refractivity contribution in [3.8, 4) is 0 Å². The molecule has 0 aliphatic carbocycles. The highest BCUT2D eigenvalue weighted by molar-refractivity contribution is 14.1. The Balaban J connectivity index is 2.31. The second-order valence-electron chi connectivity index (χ2n) is 2.96. The van der Waals surface area contributed by atoms with Crippen LogP contribution in [0.5, 0.6) is 0 Å². The molecule has 0 saturated carbocycles. The highest BCUT2D eigenvalue weighted by Gasteiger charge is 2.21. The minimum atomic E-state index is -0.0842. The van der Waals surface area contributed by atoms with Gasteiger partial charge in [0.05, 0.1) is 0 Å². The molecule has 12 heavy (non-hydrogen) atoms. The number of rotatable bonds is 1. The number of halogens is 2. The first-order chi connectivity index (χ1) is 5.77. The fraction of sp³-hybridized carbons (Fsp3) is 0.333. The number of nitrogens with one attached hydrogen (secondary N) is 1. The summed E-state index contributed by atoms with van der Waals surface area (Å²) in [6, 6.07) is 5.64. The van der Waals surface area contributed by atoms with Crippen LogP contribution in [0.15, 0.2) is 18.2 Å². The SMILES string of the molecule is Fc1cc(I)ccc1C1CCN1. The van der Waals surface area contributed by atoms with Gasteiger partial charge >= 0.3 is 0 Å². The summed E-state index contributed by atoms with van der Waals surface area (Å²) in [6.45, 7) is 1.01. The van der Waals surface area contributed by atoms with E-state index in [1.807, 2.05) is 12.1 Å². The van der Waals surface area contributed by atoms with Gasteiger partial charge < -0.3 is 5.32 Å². The predicted molar refractivity (Wildman–Crippen MR) is 54.5 cm³/mol. The van der Waals surface area contributed by atoms with E-state index in [9.17, 15) is 4.39 Å². The summed E-state index contributed by atoms with van der Waals surface area (Å²) in [5.74, 6) is -0.0842. The molecule has 1 atom stereocenters. The molecule has 1 aliphatic rings. The Morgan fingerprint density at radius 1 is 1.50 bits per heavy atom. The molecule has 3 heteroatoms. The lowest BCUT2D eigenvalue weighted by molar-refractivity contribution is 0.370. The lowest BCUT2D eigenvalue weighted by Gasteiger charge is -2.28. The Bertz CT molecular complexity index is 297. The summed E-state index contributed by atoms with van der Waals surface area (Å²) in [5.41, 5.74) is 0.807. The molecule has 1 aromatic rings. The van der Waals surface area contributed by atoms with Crippen LogP contribution >= 0.6 is 22.6 Å². The first kappa shape index (κ1) is 8.44. The van der Waals surface area contributed by atoms with E-state index < -0.39 is 0 Å². The van der Waals surface area contributed by atoms with Gasteiger partial charge in [-0.3, -0.25) is 0 Å². The van der Waals surface area contributed by atoms with Crippen LogP contribution in [0, 0.1) is 9.39 Å². The Morgan fingerprint density at radius 2 is 2.25 bits per heavy atom. The molecular weight excluding hydrogens is 268 g/mol. The van der Waals surface area contributed by atoms with Crippen molar-refractivity contribution in [3.63, 3.8) is 0 Å². The molecule has 1 aromatic carbocycles. The number of benzene rings is 1. The van der Waals surface area contributed by atoms with Crippen molar-refractivity contribution in [1.82, 2.24) is 5.32 Å². The maximum Gasteiger partial charge on any atom is 0.129 e. The molecule has 1 N–H and O–H groups in total. The van der Waals surface area contributed by atoms with Crippen molar-refractivity contribution in [2.24, 2.45) is 0 Å². The molecule has 1 saturated heterocycles. The van der Waals surface area contributed by atoms with Crippen molar-refractivity contribution in [2.75, 3.05) is 6.54 Å². The molecule has 1 heterocycles. The van der Waals surface area contributed by atoms with Crippen LogP contribution in [-0.4, -0.2) is 6.54 Å². The summed E-state index contributed by atoms with van der Waals surface area (Å²) in [5, 5.41) is 3.18. The van der Waals surface area contributed by atoms with E-state index >= 15 is 0 Å². The lowest BCUT2D eigenvalue weighted by atomic mass is 9.98. The number of hydrogen-bond donors (Lipinski definition) is 1. The van der Waals surface area contributed by atoms with Gasteiger partial charge in [0, 0.05) is 15.2 Å². The first-order valence-corrected chi connectivity index (χ1v) is 5.03. The van der Waals surface area contributed by atoms with E-state index in [0.29, 0.717) is 0 Å². The molecule has 64 valence electrons. The Kier molecular flexibility index (Phi) is 2.32. The molecular formula is C9H9FIN. The second-order valence-corrected chi connectivity index (χ2v) is 4.21. The smallest absolute Gasteiger partial charge is 0.129 e. The molecule has 2 rings (SSSR count). The molecule has 1 nitrogen and oxygen atoms in total. The van der Waals surface area contributed by atoms with Gasteiger partial charge in [0.1, 0.15) is 5.82 Å². The summed E-state index contributed by atoms with van der Waals surface area (Å²) >= 11 is 2.12. The zero-order chi connectivity index (χ0) is 8.55. The van der Waals surface area contributed by atoms with Gasteiger partial charge in [0.15, 0.2) is 0 Å². The summed E-state index contributed by atoms with van der Waals surface area (Å²) in [4.78, 5) is 0. The van der Waals surface area contributed by atoms with Crippen molar-refractivity contribution in [2.45, 2.75) is 12.5 Å². The van der Waals surface area contributed by atoms with Crippen LogP contribution in [0.4, 0.5) is 4.39 Å². The standard InChI is InChI=1S/C9H9FIN/c10-8-5-6(11)1-2-7(8)9-3-4-12-9/h1-2,5,9,12H,3-4H2. The normalized spacial score (nSPS) is 22.0. The van der Waals surface area contributed by atoms with E-state index in [4.69, 9.17) is 0 Å². The summed E-state index contributed by atoms with van der Waals surface area (Å²) in [6.07, 6.45) is 1.05. The molecule has 0 aromatic heterocycles. The first-order valence-electron chi connectivity index (χ1n) is 3.96. The van der Waals surface area contributed by atoms with Crippen molar-refractivity contribution in [1.29, 1.82) is 0 Å². The monoisotopic (exact) mass is 277 g/mol. The van der Waals surface area contributed by atoms with Gasteiger partial charge in [-0.05, 0) is 47.7 Å². The quantitative estimate of drug-likeness (QED) is 0.777. The van der Waals surface area contributed by atoms with Crippen LogP contribution in [0.1, 0.15) is 18.0 Å². The van der Waals surface area contributed by atoms with Gasteiger partial charge in [-0.2, -0.15) is 0 Å². The Hall–Kier alpha value is -0.160. The van der Waals surface area contributed by atoms with Gasteiger partial charge in [-0.25, -0.2) is 4.39 Å². The average molecular weight is 277 g/mol. The fourth-order valence-corrected chi connectivity index (χ4v) is 1.79. The van der Waals surface area contributed by atoms with E-state index in [2.05, 4.69) is 27.9 Å². The van der Waals surface area contributed by atoms with Crippen molar-refractivity contribution >= 4 is 22.6 Å². The van der Waals surface area contributed by atoms with Gasteiger partial charge in [-0.1, -0.05) is 6.07 Å². The van der Waals surface area contributed by atoms with E-state index in [1.54, 1.807) is 6.07 Å². The molecule has 0 spiro atoms. The minimum absolute atomic E-state index is 0.0842. The lowest BCUT2D eigenvalue weighted by Crippen LogP contribution is -2.35. The molecule has 0 bridgehead atoms. The Labute approximate surface area is 84.5 Å². The summed E-state index contributed by atoms with van der Waals surface area (Å²) in [7, 11) is 0. The predicted octanol–water partition coefficient (Wildman–Crippen LogP) is 2.46. The highest BCUT2D eigenvalue weighted by atomic mass is 127. The highest BCUT2D eigenvalue weighted by Crippen LogP contribution is 2.25. The molecule has 0 radical (unpaired) electrons. The van der Waals surface area contributed by atoms with Gasteiger partial charge in [0.25, 0.3) is 0 Å². The number of hydrogen-bond acceptors (Lipinski definition) is 1. The molecule has 0 amide bonds. The van der Waals surface area contributed by atoms with Crippen LogP contribution in [0.2, 0.25) is 0 Å². The van der Waals surface area contributed by atoms with Gasteiger partial charge in [-0.15, -0.1) is 0 Å². The summed E-state index contributed by atoms with van der Waals surface area (Å²) < 4.78 is 14.2. The van der Waals surface area contributed by atoms with E-state index in [1.165, 1.54) is 0 Å². The van der Waals surface area contributed by atoms with Crippen LogP contribution < -0.4 is 5.32 Å². The largest absolute Gasteiger partial charge is 0.310 e. The van der Waals surface area contributed by atoms with E-state index in [0.717, 1.165) is 22.1 Å². The molecule has 1 aliphatic heterocycles. The fourth-order valence-electron chi connectivity index (χ4n) is 1.34. The maximum absolute atomic E-state index is 13.3. The minimum Gasteiger partial charge on any atom is -0.310 e. The third-order valence-corrected chi connectivity index (χ3v) is 2.83. The van der Waals surface area contributed by atoms with Crippen molar-refractivity contribution < 1.29 is 4.39 Å². The zero-order valence-corrected chi connectivity index (χ0v) is 8.64. The third-order valence-electron chi connectivity index (χ3n) is 2.16. The maximum atomic E-state index is 13.3. The van der Waals surface area contributed by atoms with Crippen LogP contribution in [-0.2, 0) is 0 Å². The third kappa shape index (κ3) is 1.47. The van der Waals surface area contributed by atoms with E-state index in [-0.39, 0.29) is 11.9 Å². The Morgan fingerprint density at radius 3 is 2.75 bits per heavy atom.